The number of hydrogen-bond acceptors (Lipinski definition) is 4. The van der Waals surface area contributed by atoms with Gasteiger partial charge in [-0.15, -0.1) is 11.8 Å². The fourth-order valence-corrected chi connectivity index (χ4v) is 3.57. The summed E-state index contributed by atoms with van der Waals surface area (Å²) in [5.41, 5.74) is 2.25. The molecule has 1 heterocycles. The number of carbonyl (C=O) groups excluding carboxylic acids is 3. The summed E-state index contributed by atoms with van der Waals surface area (Å²) in [6.45, 7) is 2.55. The molecule has 1 aromatic rings. The Morgan fingerprint density at radius 3 is 2.65 bits per heavy atom. The third kappa shape index (κ3) is 4.82. The van der Waals surface area contributed by atoms with Crippen molar-refractivity contribution in [3.63, 3.8) is 0 Å². The van der Waals surface area contributed by atoms with Gasteiger partial charge in [0.2, 0.25) is 11.8 Å². The Kier molecular flexibility index (Phi) is 6.21. The van der Waals surface area contributed by atoms with Gasteiger partial charge in [-0.25, -0.2) is 0 Å². The average Bonchev–Trinajstić information content (AvgIpc) is 3.03. The summed E-state index contributed by atoms with van der Waals surface area (Å²) in [6, 6.07) is 7.69. The first kappa shape index (κ1) is 17.5. The molecule has 0 unspecified atom stereocenters. The average molecular weight is 334 g/mol. The fraction of sp³-hybridized carbons (Fsp3) is 0.471. The van der Waals surface area contributed by atoms with Gasteiger partial charge in [-0.2, -0.15) is 0 Å². The fourth-order valence-electron chi connectivity index (χ4n) is 2.43. The van der Waals surface area contributed by atoms with Gasteiger partial charge in [-0.05, 0) is 12.5 Å². The maximum atomic E-state index is 12.2. The second kappa shape index (κ2) is 8.15. The summed E-state index contributed by atoms with van der Waals surface area (Å²) in [5, 5.41) is 0. The number of carbonyl (C=O) groups is 3. The first-order valence-electron chi connectivity index (χ1n) is 7.63. The largest absolute Gasteiger partial charge is 0.341 e. The van der Waals surface area contributed by atoms with Crippen molar-refractivity contribution in [1.82, 2.24) is 9.80 Å². The number of nitrogens with zero attached hydrogens (tertiary/aromatic N) is 2. The molecule has 0 spiro atoms. The molecular formula is C17H22N2O3S. The lowest BCUT2D eigenvalue weighted by molar-refractivity contribution is -0.137. The van der Waals surface area contributed by atoms with Gasteiger partial charge in [0.05, 0.1) is 11.9 Å². The highest BCUT2D eigenvalue weighted by Crippen LogP contribution is 2.20. The van der Waals surface area contributed by atoms with Gasteiger partial charge < -0.3 is 14.6 Å². The number of aryl methyl sites for hydroxylation is 1. The summed E-state index contributed by atoms with van der Waals surface area (Å²) in [4.78, 5) is 38.4. The lowest BCUT2D eigenvalue weighted by Crippen LogP contribution is -2.38. The number of thioether (sulfide) groups is 1. The molecule has 1 aromatic carbocycles. The third-order valence-electron chi connectivity index (χ3n) is 3.92. The molecule has 124 valence electrons. The number of amides is 2. The van der Waals surface area contributed by atoms with Crippen molar-refractivity contribution in [2.45, 2.75) is 32.4 Å². The highest BCUT2D eigenvalue weighted by Gasteiger charge is 2.28. The quantitative estimate of drug-likeness (QED) is 0.745. The highest BCUT2D eigenvalue weighted by molar-refractivity contribution is 7.99. The van der Waals surface area contributed by atoms with Crippen LogP contribution in [-0.2, 0) is 20.9 Å². The number of benzene rings is 1. The standard InChI is InChI=1S/C17H22N2O3S/c1-13-3-5-14(6-4-13)9-18(2)16(21)7-8-17(22)19-12-23-11-15(19)10-20/h3-6,10,15H,7-9,11-12H2,1-2H3/t15-/m1/s1. The van der Waals surface area contributed by atoms with E-state index in [0.717, 1.165) is 11.8 Å². The molecule has 1 saturated heterocycles. The molecule has 6 heteroatoms. The second-order valence-electron chi connectivity index (χ2n) is 5.80. The van der Waals surface area contributed by atoms with Gasteiger partial charge in [0.1, 0.15) is 6.29 Å². The Morgan fingerprint density at radius 2 is 2.00 bits per heavy atom. The Hall–Kier alpha value is -1.82. The van der Waals surface area contributed by atoms with Crippen LogP contribution in [0.1, 0.15) is 24.0 Å². The van der Waals surface area contributed by atoms with Gasteiger partial charge in [-0.3, -0.25) is 9.59 Å². The Morgan fingerprint density at radius 1 is 1.30 bits per heavy atom. The topological polar surface area (TPSA) is 57.7 Å². The Bertz CT molecular complexity index is 574. The molecule has 0 aliphatic carbocycles. The zero-order chi connectivity index (χ0) is 16.8. The molecule has 5 nitrogen and oxygen atoms in total. The van der Waals surface area contributed by atoms with Gasteiger partial charge in [0.15, 0.2) is 0 Å². The predicted octanol–water partition coefficient (Wildman–Crippen LogP) is 1.83. The minimum absolute atomic E-state index is 0.0616. The van der Waals surface area contributed by atoms with E-state index in [2.05, 4.69) is 0 Å². The van der Waals surface area contributed by atoms with Crippen LogP contribution in [0.3, 0.4) is 0 Å². The molecule has 0 bridgehead atoms. The molecule has 1 aliphatic rings. The van der Waals surface area contributed by atoms with E-state index in [0.29, 0.717) is 18.2 Å². The summed E-state index contributed by atoms with van der Waals surface area (Å²) in [5.74, 6) is 1.00. The Balaban J connectivity index is 1.80. The maximum Gasteiger partial charge on any atom is 0.224 e. The summed E-state index contributed by atoms with van der Waals surface area (Å²) in [7, 11) is 1.74. The van der Waals surface area contributed by atoms with Crippen LogP contribution in [0.4, 0.5) is 0 Å². The van der Waals surface area contributed by atoms with E-state index >= 15 is 0 Å². The first-order valence-corrected chi connectivity index (χ1v) is 8.78. The van der Waals surface area contributed by atoms with Crippen molar-refractivity contribution in [2.75, 3.05) is 18.7 Å². The maximum absolute atomic E-state index is 12.2. The lowest BCUT2D eigenvalue weighted by Gasteiger charge is -2.21. The third-order valence-corrected chi connectivity index (χ3v) is 4.95. The summed E-state index contributed by atoms with van der Waals surface area (Å²) < 4.78 is 0. The van der Waals surface area contributed by atoms with Crippen molar-refractivity contribution >= 4 is 29.9 Å². The van der Waals surface area contributed by atoms with Crippen molar-refractivity contribution in [2.24, 2.45) is 0 Å². The van der Waals surface area contributed by atoms with Crippen LogP contribution < -0.4 is 0 Å². The molecule has 0 N–H and O–H groups in total. The highest BCUT2D eigenvalue weighted by atomic mass is 32.2. The summed E-state index contributed by atoms with van der Waals surface area (Å²) in [6.07, 6.45) is 1.14. The van der Waals surface area contributed by atoms with Crippen LogP contribution in [0.5, 0.6) is 0 Å². The molecule has 1 fully saturated rings. The predicted molar refractivity (Wildman–Crippen MR) is 90.9 cm³/mol. The second-order valence-corrected chi connectivity index (χ2v) is 6.80. The Labute approximate surface area is 141 Å². The molecule has 0 radical (unpaired) electrons. The molecule has 23 heavy (non-hydrogen) atoms. The zero-order valence-corrected chi connectivity index (χ0v) is 14.3. The van der Waals surface area contributed by atoms with E-state index in [1.54, 1.807) is 28.6 Å². The minimum Gasteiger partial charge on any atom is -0.341 e. The van der Waals surface area contributed by atoms with Crippen LogP contribution in [0, 0.1) is 6.92 Å². The lowest BCUT2D eigenvalue weighted by atomic mass is 10.1. The molecule has 2 amide bonds. The molecule has 0 aromatic heterocycles. The monoisotopic (exact) mass is 334 g/mol. The number of hydrogen-bond donors (Lipinski definition) is 0. The molecule has 2 rings (SSSR count). The number of rotatable bonds is 6. The van der Waals surface area contributed by atoms with Gasteiger partial charge in [-0.1, -0.05) is 29.8 Å². The van der Waals surface area contributed by atoms with Crippen LogP contribution in [0.25, 0.3) is 0 Å². The normalized spacial score (nSPS) is 17.1. The van der Waals surface area contributed by atoms with E-state index in [-0.39, 0.29) is 30.7 Å². The number of aldehydes is 1. The minimum atomic E-state index is -0.340. The van der Waals surface area contributed by atoms with Gasteiger partial charge in [0, 0.05) is 32.2 Å². The van der Waals surface area contributed by atoms with Crippen LogP contribution >= 0.6 is 11.8 Å². The van der Waals surface area contributed by atoms with Crippen molar-refractivity contribution in [3.05, 3.63) is 35.4 Å². The first-order chi connectivity index (χ1) is 11.0. The summed E-state index contributed by atoms with van der Waals surface area (Å²) >= 11 is 1.57. The molecular weight excluding hydrogens is 312 g/mol. The SMILES string of the molecule is Cc1ccc(CN(C)C(=O)CCC(=O)N2CSC[C@H]2C=O)cc1. The van der Waals surface area contributed by atoms with E-state index in [4.69, 9.17) is 0 Å². The smallest absolute Gasteiger partial charge is 0.224 e. The van der Waals surface area contributed by atoms with Crippen LogP contribution in [-0.4, -0.2) is 52.6 Å². The van der Waals surface area contributed by atoms with Crippen molar-refractivity contribution in [1.29, 1.82) is 0 Å². The van der Waals surface area contributed by atoms with E-state index in [1.807, 2.05) is 31.2 Å². The molecule has 0 saturated carbocycles. The van der Waals surface area contributed by atoms with E-state index in [9.17, 15) is 14.4 Å². The van der Waals surface area contributed by atoms with Gasteiger partial charge in [0.25, 0.3) is 0 Å². The molecule has 1 atom stereocenters. The van der Waals surface area contributed by atoms with Crippen LogP contribution in [0.2, 0.25) is 0 Å². The van der Waals surface area contributed by atoms with E-state index in [1.165, 1.54) is 5.56 Å². The van der Waals surface area contributed by atoms with Crippen LogP contribution in [0.15, 0.2) is 24.3 Å². The molecule has 1 aliphatic heterocycles. The van der Waals surface area contributed by atoms with Crippen molar-refractivity contribution in [3.8, 4) is 0 Å². The van der Waals surface area contributed by atoms with E-state index < -0.39 is 0 Å². The zero-order valence-electron chi connectivity index (χ0n) is 13.5. The van der Waals surface area contributed by atoms with Gasteiger partial charge >= 0.3 is 0 Å². The van der Waals surface area contributed by atoms with Crippen molar-refractivity contribution < 1.29 is 14.4 Å².